The number of hydrogen-bond donors (Lipinski definition) is 0. The maximum Gasteiger partial charge on any atom is 0.330 e. The third-order valence-corrected chi connectivity index (χ3v) is 4.89. The number of likely N-dealkylation sites (N-methyl/N-ethyl adjacent to an activating group) is 1. The molecule has 1 aromatic rings. The van der Waals surface area contributed by atoms with Crippen LogP contribution in [0.1, 0.15) is 38.2 Å². The molecule has 0 bridgehead atoms. The zero-order valence-corrected chi connectivity index (χ0v) is 15.2. The van der Waals surface area contributed by atoms with Gasteiger partial charge in [-0.2, -0.15) is 0 Å². The molecular weight excluding hydrogens is 342 g/mol. The molecule has 0 aromatic heterocycles. The predicted octanol–water partition coefficient (Wildman–Crippen LogP) is 3.26. The summed E-state index contributed by atoms with van der Waals surface area (Å²) < 4.78 is 4.94. The van der Waals surface area contributed by atoms with Crippen LogP contribution in [-0.4, -0.2) is 36.2 Å². The van der Waals surface area contributed by atoms with Crippen LogP contribution in [0.25, 0.3) is 0 Å². The maximum absolute atomic E-state index is 12.9. The van der Waals surface area contributed by atoms with Crippen molar-refractivity contribution in [2.45, 2.75) is 38.1 Å². The Balaban J connectivity index is 2.33. The van der Waals surface area contributed by atoms with Crippen molar-refractivity contribution < 1.29 is 19.1 Å². The van der Waals surface area contributed by atoms with E-state index in [2.05, 4.69) is 0 Å². The van der Waals surface area contributed by atoms with Crippen LogP contribution in [0.5, 0.6) is 0 Å². The van der Waals surface area contributed by atoms with Gasteiger partial charge in [-0.1, -0.05) is 35.9 Å². The number of carbonyl (C=O) groups is 3. The van der Waals surface area contributed by atoms with E-state index in [1.54, 1.807) is 38.2 Å². The summed E-state index contributed by atoms with van der Waals surface area (Å²) >= 11 is 6.35. The van der Waals surface area contributed by atoms with E-state index >= 15 is 0 Å². The van der Waals surface area contributed by atoms with Crippen LogP contribution in [-0.2, 0) is 24.7 Å². The summed E-state index contributed by atoms with van der Waals surface area (Å²) in [5.74, 6) is -1.07. The zero-order chi connectivity index (χ0) is 18.4. The second-order valence-electron chi connectivity index (χ2n) is 6.03. The van der Waals surface area contributed by atoms with Gasteiger partial charge in [0, 0.05) is 30.1 Å². The van der Waals surface area contributed by atoms with Gasteiger partial charge in [-0.05, 0) is 32.3 Å². The number of rotatable bonds is 5. The molecular formula is C19H22ClNO4. The van der Waals surface area contributed by atoms with Crippen molar-refractivity contribution in [2.75, 3.05) is 13.7 Å². The number of amides is 1. The summed E-state index contributed by atoms with van der Waals surface area (Å²) in [6.45, 7) is 1.27. The number of ether oxygens (including phenoxy) is 1. The van der Waals surface area contributed by atoms with Gasteiger partial charge >= 0.3 is 5.97 Å². The quantitative estimate of drug-likeness (QED) is 0.595. The van der Waals surface area contributed by atoms with Crippen molar-refractivity contribution in [3.63, 3.8) is 0 Å². The molecule has 0 heterocycles. The largest absolute Gasteiger partial charge is 0.452 e. The molecule has 1 aliphatic carbocycles. The molecule has 134 valence electrons. The SMILES string of the molecule is CC=CC(=O)OCC(=O)N(C)C1(c2ccccc2Cl)CCCCC1=O. The van der Waals surface area contributed by atoms with Gasteiger partial charge in [0.05, 0.1) is 0 Å². The van der Waals surface area contributed by atoms with Gasteiger partial charge < -0.3 is 9.64 Å². The number of halogens is 1. The summed E-state index contributed by atoms with van der Waals surface area (Å²) in [5.41, 5.74) is -0.488. The standard InChI is InChI=1S/C19H22ClNO4/c1-3-8-18(24)25-13-17(23)21(2)19(12-7-6-11-16(19)22)14-9-4-5-10-15(14)20/h3-5,8-10H,6-7,11-13H2,1-2H3. The summed E-state index contributed by atoms with van der Waals surface area (Å²) in [6.07, 6.45) is 5.27. The van der Waals surface area contributed by atoms with Crippen LogP contribution >= 0.6 is 11.6 Å². The lowest BCUT2D eigenvalue weighted by Crippen LogP contribution is -2.55. The normalized spacial score (nSPS) is 20.5. The minimum absolute atomic E-state index is 0.0394. The Morgan fingerprint density at radius 3 is 2.68 bits per heavy atom. The van der Waals surface area contributed by atoms with E-state index in [1.165, 1.54) is 17.1 Å². The third-order valence-electron chi connectivity index (χ3n) is 4.56. The van der Waals surface area contributed by atoms with Gasteiger partial charge in [-0.25, -0.2) is 4.79 Å². The van der Waals surface area contributed by atoms with Crippen molar-refractivity contribution >= 4 is 29.3 Å². The minimum atomic E-state index is -1.11. The molecule has 0 N–H and O–H groups in total. The highest BCUT2D eigenvalue weighted by atomic mass is 35.5. The number of hydrogen-bond acceptors (Lipinski definition) is 4. The van der Waals surface area contributed by atoms with E-state index in [4.69, 9.17) is 16.3 Å². The molecule has 1 saturated carbocycles. The maximum atomic E-state index is 12.9. The van der Waals surface area contributed by atoms with Crippen LogP contribution in [0.3, 0.4) is 0 Å². The zero-order valence-electron chi connectivity index (χ0n) is 14.5. The Kier molecular flexibility index (Phi) is 6.37. The van der Waals surface area contributed by atoms with Gasteiger partial charge in [-0.15, -0.1) is 0 Å². The van der Waals surface area contributed by atoms with E-state index < -0.39 is 24.0 Å². The van der Waals surface area contributed by atoms with E-state index in [9.17, 15) is 14.4 Å². The molecule has 0 radical (unpaired) electrons. The summed E-state index contributed by atoms with van der Waals surface area (Å²) in [5, 5.41) is 0.448. The highest BCUT2D eigenvalue weighted by Crippen LogP contribution is 2.42. The van der Waals surface area contributed by atoms with E-state index in [1.807, 2.05) is 0 Å². The second kappa shape index (κ2) is 8.30. The van der Waals surface area contributed by atoms with Crippen molar-refractivity contribution in [1.82, 2.24) is 4.90 Å². The van der Waals surface area contributed by atoms with Crippen LogP contribution in [0.15, 0.2) is 36.4 Å². The fourth-order valence-electron chi connectivity index (χ4n) is 3.26. The van der Waals surface area contributed by atoms with Crippen molar-refractivity contribution in [1.29, 1.82) is 0 Å². The first-order chi connectivity index (χ1) is 11.9. The molecule has 0 spiro atoms. The Morgan fingerprint density at radius 2 is 2.04 bits per heavy atom. The number of Topliss-reactive ketones (excluding diaryl/α,β-unsaturated/α-hetero) is 1. The molecule has 1 unspecified atom stereocenters. The number of esters is 1. The average Bonchev–Trinajstić information content (AvgIpc) is 2.60. The van der Waals surface area contributed by atoms with Crippen LogP contribution < -0.4 is 0 Å². The Labute approximate surface area is 152 Å². The lowest BCUT2D eigenvalue weighted by Gasteiger charge is -2.43. The first-order valence-corrected chi connectivity index (χ1v) is 8.65. The monoisotopic (exact) mass is 363 g/mol. The molecule has 1 atom stereocenters. The molecule has 1 aliphatic rings. The minimum Gasteiger partial charge on any atom is -0.452 e. The molecule has 1 amide bonds. The smallest absolute Gasteiger partial charge is 0.330 e. The average molecular weight is 364 g/mol. The van der Waals surface area contributed by atoms with Crippen molar-refractivity contribution in [3.8, 4) is 0 Å². The molecule has 1 aromatic carbocycles. The Bertz CT molecular complexity index is 700. The fraction of sp³-hybridized carbons (Fsp3) is 0.421. The van der Waals surface area contributed by atoms with E-state index in [0.29, 0.717) is 23.4 Å². The highest BCUT2D eigenvalue weighted by molar-refractivity contribution is 6.31. The lowest BCUT2D eigenvalue weighted by atomic mass is 9.74. The highest BCUT2D eigenvalue weighted by Gasteiger charge is 2.47. The van der Waals surface area contributed by atoms with E-state index in [-0.39, 0.29) is 5.78 Å². The third kappa shape index (κ3) is 3.93. The van der Waals surface area contributed by atoms with Crippen molar-refractivity contribution in [2.24, 2.45) is 0 Å². The first kappa shape index (κ1) is 19.2. The molecule has 5 nitrogen and oxygen atoms in total. The molecule has 25 heavy (non-hydrogen) atoms. The van der Waals surface area contributed by atoms with Crippen LogP contribution in [0.2, 0.25) is 5.02 Å². The number of ketones is 1. The van der Waals surface area contributed by atoms with Gasteiger partial charge in [0.2, 0.25) is 0 Å². The molecule has 2 rings (SSSR count). The van der Waals surface area contributed by atoms with Crippen molar-refractivity contribution in [3.05, 3.63) is 47.0 Å². The van der Waals surface area contributed by atoms with Crippen LogP contribution in [0.4, 0.5) is 0 Å². The number of benzene rings is 1. The molecule has 0 aliphatic heterocycles. The molecule has 1 fully saturated rings. The van der Waals surface area contributed by atoms with Gasteiger partial charge in [0.15, 0.2) is 12.4 Å². The Hall–Kier alpha value is -2.14. The Morgan fingerprint density at radius 1 is 1.32 bits per heavy atom. The topological polar surface area (TPSA) is 63.7 Å². The first-order valence-electron chi connectivity index (χ1n) is 8.28. The second-order valence-corrected chi connectivity index (χ2v) is 6.44. The fourth-order valence-corrected chi connectivity index (χ4v) is 3.55. The summed E-state index contributed by atoms with van der Waals surface area (Å²) in [7, 11) is 1.57. The predicted molar refractivity (Wildman–Crippen MR) is 95.1 cm³/mol. The molecule has 0 saturated heterocycles. The number of allylic oxidation sites excluding steroid dienone is 1. The summed E-state index contributed by atoms with van der Waals surface area (Å²) in [6, 6.07) is 7.08. The number of nitrogens with zero attached hydrogens (tertiary/aromatic N) is 1. The van der Waals surface area contributed by atoms with Gasteiger partial charge in [0.25, 0.3) is 5.91 Å². The van der Waals surface area contributed by atoms with E-state index in [0.717, 1.165) is 12.8 Å². The van der Waals surface area contributed by atoms with Crippen LogP contribution in [0, 0.1) is 0 Å². The van der Waals surface area contributed by atoms with Gasteiger partial charge in [-0.3, -0.25) is 9.59 Å². The summed E-state index contributed by atoms with van der Waals surface area (Å²) in [4.78, 5) is 38.3. The lowest BCUT2D eigenvalue weighted by molar-refractivity contribution is -0.155. The number of carbonyl (C=O) groups excluding carboxylic acids is 3. The van der Waals surface area contributed by atoms with Gasteiger partial charge in [0.1, 0.15) is 5.54 Å². The molecule has 6 heteroatoms.